The zero-order valence-corrected chi connectivity index (χ0v) is 8.82. The average Bonchev–Trinajstić information content (AvgIpc) is 1.84. The predicted octanol–water partition coefficient (Wildman–Crippen LogP) is 2.50. The molecule has 1 atom stereocenters. The Labute approximate surface area is 77.0 Å². The van der Waals surface area contributed by atoms with Gasteiger partial charge in [0.15, 0.2) is 0 Å². The standard InChI is InChI=1S/C8H18O3S/c1-4-5-6-7-8(2,3)11-12(9)10/h4-7H2,1-3H3,(H,9,10). The summed E-state index contributed by atoms with van der Waals surface area (Å²) in [7, 11) is 0. The molecule has 0 heterocycles. The maximum atomic E-state index is 10.3. The Bertz CT molecular complexity index is 145. The first-order valence-electron chi connectivity index (χ1n) is 4.28. The molecule has 0 aliphatic carbocycles. The molecular formula is C8H18O3S. The van der Waals surface area contributed by atoms with Crippen molar-refractivity contribution in [1.29, 1.82) is 0 Å². The SMILES string of the molecule is CCCCCC(C)(C)OS(=O)O. The van der Waals surface area contributed by atoms with Crippen LogP contribution in [0.4, 0.5) is 0 Å². The first-order chi connectivity index (χ1) is 5.48. The molecule has 0 bridgehead atoms. The van der Waals surface area contributed by atoms with Crippen LogP contribution in [-0.2, 0) is 15.5 Å². The van der Waals surface area contributed by atoms with E-state index in [1.54, 1.807) is 0 Å². The minimum Gasteiger partial charge on any atom is -0.284 e. The maximum absolute atomic E-state index is 10.3. The van der Waals surface area contributed by atoms with Crippen molar-refractivity contribution in [2.75, 3.05) is 0 Å². The van der Waals surface area contributed by atoms with E-state index in [1.807, 2.05) is 13.8 Å². The molecule has 0 saturated carbocycles. The third kappa shape index (κ3) is 6.76. The van der Waals surface area contributed by atoms with Gasteiger partial charge in [-0.05, 0) is 20.3 Å². The van der Waals surface area contributed by atoms with E-state index in [2.05, 4.69) is 6.92 Å². The normalized spacial score (nSPS) is 14.7. The molecule has 0 aliphatic heterocycles. The maximum Gasteiger partial charge on any atom is 0.302 e. The number of hydrogen-bond donors (Lipinski definition) is 1. The summed E-state index contributed by atoms with van der Waals surface area (Å²) in [4.78, 5) is 0. The Morgan fingerprint density at radius 2 is 2.00 bits per heavy atom. The van der Waals surface area contributed by atoms with Crippen molar-refractivity contribution in [2.45, 2.75) is 52.1 Å². The molecule has 0 amide bonds. The third-order valence-electron chi connectivity index (χ3n) is 1.68. The lowest BCUT2D eigenvalue weighted by Crippen LogP contribution is -2.25. The topological polar surface area (TPSA) is 46.5 Å². The summed E-state index contributed by atoms with van der Waals surface area (Å²) in [6, 6.07) is 0. The molecule has 0 aromatic heterocycles. The summed E-state index contributed by atoms with van der Waals surface area (Å²) in [5.41, 5.74) is -0.477. The van der Waals surface area contributed by atoms with E-state index >= 15 is 0 Å². The van der Waals surface area contributed by atoms with Crippen LogP contribution in [0.2, 0.25) is 0 Å². The van der Waals surface area contributed by atoms with Crippen molar-refractivity contribution in [3.63, 3.8) is 0 Å². The van der Waals surface area contributed by atoms with Gasteiger partial charge in [-0.2, -0.15) is 4.21 Å². The van der Waals surface area contributed by atoms with Crippen LogP contribution in [0.15, 0.2) is 0 Å². The van der Waals surface area contributed by atoms with Gasteiger partial charge in [0, 0.05) is 0 Å². The van der Waals surface area contributed by atoms with E-state index in [0.29, 0.717) is 0 Å². The number of hydrogen-bond acceptors (Lipinski definition) is 2. The van der Waals surface area contributed by atoms with Crippen LogP contribution < -0.4 is 0 Å². The minimum atomic E-state index is -2.14. The molecule has 3 nitrogen and oxygen atoms in total. The van der Waals surface area contributed by atoms with E-state index in [-0.39, 0.29) is 0 Å². The summed E-state index contributed by atoms with van der Waals surface area (Å²) in [5.74, 6) is 0. The highest BCUT2D eigenvalue weighted by Crippen LogP contribution is 2.19. The van der Waals surface area contributed by atoms with E-state index < -0.39 is 17.0 Å². The van der Waals surface area contributed by atoms with Crippen LogP contribution in [0.1, 0.15) is 46.5 Å². The van der Waals surface area contributed by atoms with Crippen molar-refractivity contribution in [3.8, 4) is 0 Å². The second kappa shape index (κ2) is 5.67. The lowest BCUT2D eigenvalue weighted by atomic mass is 10.0. The Morgan fingerprint density at radius 3 is 2.42 bits per heavy atom. The highest BCUT2D eigenvalue weighted by Gasteiger charge is 2.20. The molecule has 0 radical (unpaired) electrons. The molecule has 74 valence electrons. The first-order valence-corrected chi connectivity index (χ1v) is 5.31. The van der Waals surface area contributed by atoms with E-state index in [4.69, 9.17) is 8.74 Å². The van der Waals surface area contributed by atoms with E-state index in [1.165, 1.54) is 0 Å². The van der Waals surface area contributed by atoms with Crippen molar-refractivity contribution < 1.29 is 12.9 Å². The average molecular weight is 194 g/mol. The molecular weight excluding hydrogens is 176 g/mol. The summed E-state index contributed by atoms with van der Waals surface area (Å²) < 4.78 is 23.6. The second-order valence-corrected chi connectivity index (χ2v) is 4.12. The molecule has 0 saturated heterocycles. The number of unbranched alkanes of at least 4 members (excludes halogenated alkanes) is 2. The Hall–Kier alpha value is 0.0700. The summed E-state index contributed by atoms with van der Waals surface area (Å²) in [6.07, 6.45) is 4.16. The van der Waals surface area contributed by atoms with Gasteiger partial charge in [0.1, 0.15) is 0 Å². The fourth-order valence-corrected chi connectivity index (χ4v) is 1.50. The number of rotatable bonds is 6. The van der Waals surface area contributed by atoms with Gasteiger partial charge in [0.2, 0.25) is 0 Å². The lowest BCUT2D eigenvalue weighted by Gasteiger charge is -2.21. The lowest BCUT2D eigenvalue weighted by molar-refractivity contribution is 0.102. The summed E-state index contributed by atoms with van der Waals surface area (Å²) >= 11 is -2.14. The molecule has 1 unspecified atom stereocenters. The molecule has 0 spiro atoms. The monoisotopic (exact) mass is 194 g/mol. The Morgan fingerprint density at radius 1 is 1.42 bits per heavy atom. The van der Waals surface area contributed by atoms with Crippen molar-refractivity contribution in [2.24, 2.45) is 0 Å². The van der Waals surface area contributed by atoms with Gasteiger partial charge in [-0.15, -0.1) is 0 Å². The zero-order valence-electron chi connectivity index (χ0n) is 8.00. The fraction of sp³-hybridized carbons (Fsp3) is 1.00. The summed E-state index contributed by atoms with van der Waals surface area (Å²) in [5, 5.41) is 0. The zero-order chi connectivity index (χ0) is 9.61. The van der Waals surface area contributed by atoms with Gasteiger partial charge in [-0.3, -0.25) is 8.74 Å². The van der Waals surface area contributed by atoms with Gasteiger partial charge in [0.05, 0.1) is 5.60 Å². The van der Waals surface area contributed by atoms with Crippen molar-refractivity contribution in [1.82, 2.24) is 0 Å². The van der Waals surface area contributed by atoms with Crippen molar-refractivity contribution in [3.05, 3.63) is 0 Å². The molecule has 0 aliphatic rings. The van der Waals surface area contributed by atoms with Gasteiger partial charge in [-0.1, -0.05) is 26.2 Å². The Kier molecular flexibility index (Phi) is 5.70. The predicted molar refractivity (Wildman–Crippen MR) is 50.1 cm³/mol. The molecule has 0 rings (SSSR count). The first kappa shape index (κ1) is 12.1. The van der Waals surface area contributed by atoms with Gasteiger partial charge in [-0.25, -0.2) is 0 Å². The molecule has 0 aromatic carbocycles. The van der Waals surface area contributed by atoms with Crippen LogP contribution >= 0.6 is 0 Å². The minimum absolute atomic E-state index is 0.477. The van der Waals surface area contributed by atoms with Gasteiger partial charge < -0.3 is 0 Å². The van der Waals surface area contributed by atoms with Crippen LogP contribution in [0, 0.1) is 0 Å². The van der Waals surface area contributed by atoms with E-state index in [0.717, 1.165) is 25.7 Å². The molecule has 4 heteroatoms. The largest absolute Gasteiger partial charge is 0.302 e. The Balaban J connectivity index is 3.63. The van der Waals surface area contributed by atoms with Gasteiger partial charge >= 0.3 is 11.4 Å². The second-order valence-electron chi connectivity index (χ2n) is 3.52. The van der Waals surface area contributed by atoms with Crippen LogP contribution in [0.5, 0.6) is 0 Å². The smallest absolute Gasteiger partial charge is 0.284 e. The van der Waals surface area contributed by atoms with Crippen molar-refractivity contribution >= 4 is 11.4 Å². The highest BCUT2D eigenvalue weighted by atomic mass is 32.2. The van der Waals surface area contributed by atoms with Crippen LogP contribution in [0.25, 0.3) is 0 Å². The highest BCUT2D eigenvalue weighted by molar-refractivity contribution is 7.74. The quantitative estimate of drug-likeness (QED) is 0.522. The third-order valence-corrected chi connectivity index (χ3v) is 2.27. The van der Waals surface area contributed by atoms with Gasteiger partial charge in [0.25, 0.3) is 0 Å². The molecule has 12 heavy (non-hydrogen) atoms. The summed E-state index contributed by atoms with van der Waals surface area (Å²) in [6.45, 7) is 5.78. The van der Waals surface area contributed by atoms with E-state index in [9.17, 15) is 4.21 Å². The van der Waals surface area contributed by atoms with Crippen LogP contribution in [0.3, 0.4) is 0 Å². The molecule has 0 aromatic rings. The molecule has 0 fully saturated rings. The molecule has 1 N–H and O–H groups in total. The van der Waals surface area contributed by atoms with Crippen LogP contribution in [-0.4, -0.2) is 14.4 Å². The fourth-order valence-electron chi connectivity index (χ4n) is 1.04.